The van der Waals surface area contributed by atoms with E-state index in [9.17, 15) is 0 Å². The SMILES string of the molecule is CN[C@@H]1CCN(c2cc(-c3cn[nH]c3)nc(N)n2)C1. The number of rotatable bonds is 3. The molecule has 3 heterocycles. The maximum Gasteiger partial charge on any atom is 0.222 e. The largest absolute Gasteiger partial charge is 0.368 e. The number of nitrogens with zero attached hydrogens (tertiary/aromatic N) is 4. The van der Waals surface area contributed by atoms with Crippen LogP contribution < -0.4 is 16.0 Å². The van der Waals surface area contributed by atoms with Crippen molar-refractivity contribution in [1.82, 2.24) is 25.5 Å². The summed E-state index contributed by atoms with van der Waals surface area (Å²) in [5, 5.41) is 10.00. The monoisotopic (exact) mass is 259 g/mol. The lowest BCUT2D eigenvalue weighted by Gasteiger charge is -2.18. The van der Waals surface area contributed by atoms with Gasteiger partial charge < -0.3 is 16.0 Å². The molecule has 1 aliphatic heterocycles. The van der Waals surface area contributed by atoms with E-state index in [4.69, 9.17) is 5.73 Å². The van der Waals surface area contributed by atoms with Crippen LogP contribution in [0.1, 0.15) is 6.42 Å². The summed E-state index contributed by atoms with van der Waals surface area (Å²) in [4.78, 5) is 10.8. The Morgan fingerprint density at radius 2 is 2.37 bits per heavy atom. The van der Waals surface area contributed by atoms with Crippen LogP contribution in [0.2, 0.25) is 0 Å². The van der Waals surface area contributed by atoms with Gasteiger partial charge in [0.1, 0.15) is 5.82 Å². The Morgan fingerprint density at radius 3 is 3.05 bits per heavy atom. The number of anilines is 2. The Labute approximate surface area is 111 Å². The van der Waals surface area contributed by atoms with Gasteiger partial charge in [0, 0.05) is 37.0 Å². The van der Waals surface area contributed by atoms with E-state index in [2.05, 4.69) is 30.4 Å². The summed E-state index contributed by atoms with van der Waals surface area (Å²) in [7, 11) is 1.99. The maximum atomic E-state index is 5.81. The zero-order chi connectivity index (χ0) is 13.2. The van der Waals surface area contributed by atoms with Gasteiger partial charge in [0.15, 0.2) is 0 Å². The standard InChI is InChI=1S/C12H17N7/c1-14-9-2-3-19(7-9)11-4-10(17-12(13)18-11)8-5-15-16-6-8/h4-6,9,14H,2-3,7H2,1H3,(H,15,16)(H2,13,17,18)/t9-/m1/s1. The number of aromatic nitrogens is 4. The molecule has 7 nitrogen and oxygen atoms in total. The van der Waals surface area contributed by atoms with Gasteiger partial charge in [0.2, 0.25) is 5.95 Å². The molecule has 0 spiro atoms. The minimum Gasteiger partial charge on any atom is -0.368 e. The van der Waals surface area contributed by atoms with Crippen molar-refractivity contribution in [2.24, 2.45) is 0 Å². The lowest BCUT2D eigenvalue weighted by molar-refractivity contribution is 0.616. The molecule has 1 fully saturated rings. The first-order valence-corrected chi connectivity index (χ1v) is 6.32. The van der Waals surface area contributed by atoms with Crippen molar-refractivity contribution in [3.8, 4) is 11.3 Å². The quantitative estimate of drug-likeness (QED) is 0.731. The molecule has 0 unspecified atom stereocenters. The first-order valence-electron chi connectivity index (χ1n) is 6.32. The molecule has 2 aromatic rings. The Kier molecular flexibility index (Phi) is 3.04. The highest BCUT2D eigenvalue weighted by Gasteiger charge is 2.23. The van der Waals surface area contributed by atoms with Crippen LogP contribution in [0.4, 0.5) is 11.8 Å². The smallest absolute Gasteiger partial charge is 0.222 e. The lowest BCUT2D eigenvalue weighted by Crippen LogP contribution is -2.30. The second kappa shape index (κ2) is 4.85. The molecular weight excluding hydrogens is 242 g/mol. The molecule has 1 saturated heterocycles. The molecule has 0 amide bonds. The zero-order valence-electron chi connectivity index (χ0n) is 10.8. The maximum absolute atomic E-state index is 5.81. The van der Waals surface area contributed by atoms with Gasteiger partial charge in [0.25, 0.3) is 0 Å². The van der Waals surface area contributed by atoms with Crippen LogP contribution in [0.15, 0.2) is 18.5 Å². The van der Waals surface area contributed by atoms with Gasteiger partial charge in [0.05, 0.1) is 11.9 Å². The van der Waals surface area contributed by atoms with Gasteiger partial charge in [-0.1, -0.05) is 0 Å². The second-order valence-corrected chi connectivity index (χ2v) is 4.68. The predicted octanol–water partition coefficient (Wildman–Crippen LogP) is 0.247. The Balaban J connectivity index is 1.90. The van der Waals surface area contributed by atoms with Crippen molar-refractivity contribution in [2.45, 2.75) is 12.5 Å². The van der Waals surface area contributed by atoms with Crippen molar-refractivity contribution < 1.29 is 0 Å². The third-order valence-electron chi connectivity index (χ3n) is 3.44. The van der Waals surface area contributed by atoms with Crippen LogP contribution in [-0.4, -0.2) is 46.3 Å². The van der Waals surface area contributed by atoms with Crippen LogP contribution in [0.5, 0.6) is 0 Å². The number of nitrogen functional groups attached to an aromatic ring is 1. The summed E-state index contributed by atoms with van der Waals surface area (Å²) in [6, 6.07) is 2.47. The third kappa shape index (κ3) is 2.37. The highest BCUT2D eigenvalue weighted by molar-refractivity contribution is 5.63. The molecule has 19 heavy (non-hydrogen) atoms. The van der Waals surface area contributed by atoms with Crippen LogP contribution in [0.25, 0.3) is 11.3 Å². The molecule has 100 valence electrons. The average molecular weight is 259 g/mol. The van der Waals surface area contributed by atoms with E-state index >= 15 is 0 Å². The van der Waals surface area contributed by atoms with Gasteiger partial charge in [-0.2, -0.15) is 10.1 Å². The third-order valence-corrected chi connectivity index (χ3v) is 3.44. The van der Waals surface area contributed by atoms with E-state index in [1.54, 1.807) is 12.4 Å². The van der Waals surface area contributed by atoms with Crippen molar-refractivity contribution in [3.05, 3.63) is 18.5 Å². The highest BCUT2D eigenvalue weighted by Crippen LogP contribution is 2.24. The summed E-state index contributed by atoms with van der Waals surface area (Å²) in [5.41, 5.74) is 7.52. The van der Waals surface area contributed by atoms with Gasteiger partial charge >= 0.3 is 0 Å². The number of nitrogens with two attached hydrogens (primary N) is 1. The Bertz CT molecular complexity index is 551. The van der Waals surface area contributed by atoms with Crippen molar-refractivity contribution >= 4 is 11.8 Å². The van der Waals surface area contributed by atoms with E-state index in [1.807, 2.05) is 13.1 Å². The predicted molar refractivity (Wildman–Crippen MR) is 73.7 cm³/mol. The molecule has 1 aliphatic rings. The number of aromatic amines is 1. The van der Waals surface area contributed by atoms with Gasteiger partial charge in [-0.3, -0.25) is 5.10 Å². The molecule has 1 atom stereocenters. The number of likely N-dealkylation sites (N-methyl/N-ethyl adjacent to an activating group) is 1. The number of hydrogen-bond acceptors (Lipinski definition) is 6. The summed E-state index contributed by atoms with van der Waals surface area (Å²) >= 11 is 0. The number of hydrogen-bond donors (Lipinski definition) is 3. The van der Waals surface area contributed by atoms with Gasteiger partial charge in [-0.15, -0.1) is 0 Å². The fourth-order valence-corrected chi connectivity index (χ4v) is 2.36. The van der Waals surface area contributed by atoms with E-state index in [1.165, 1.54) is 0 Å². The van der Waals surface area contributed by atoms with E-state index < -0.39 is 0 Å². The molecular formula is C12H17N7. The molecule has 0 bridgehead atoms. The molecule has 7 heteroatoms. The van der Waals surface area contributed by atoms with Crippen molar-refractivity contribution in [3.63, 3.8) is 0 Å². The molecule has 0 radical (unpaired) electrons. The molecule has 0 aliphatic carbocycles. The summed E-state index contributed by atoms with van der Waals surface area (Å²) in [6.07, 6.45) is 4.64. The molecule has 2 aromatic heterocycles. The topological polar surface area (TPSA) is 95.8 Å². The highest BCUT2D eigenvalue weighted by atomic mass is 15.2. The second-order valence-electron chi connectivity index (χ2n) is 4.68. The normalized spacial score (nSPS) is 19.0. The number of nitrogens with one attached hydrogen (secondary N) is 2. The molecule has 0 saturated carbocycles. The summed E-state index contributed by atoms with van der Waals surface area (Å²) < 4.78 is 0. The Morgan fingerprint density at radius 1 is 1.47 bits per heavy atom. The molecule has 3 rings (SSSR count). The van der Waals surface area contributed by atoms with E-state index in [0.29, 0.717) is 12.0 Å². The van der Waals surface area contributed by atoms with E-state index in [-0.39, 0.29) is 0 Å². The van der Waals surface area contributed by atoms with Crippen LogP contribution in [-0.2, 0) is 0 Å². The first kappa shape index (κ1) is 11.9. The number of H-pyrrole nitrogens is 1. The van der Waals surface area contributed by atoms with Crippen molar-refractivity contribution in [2.75, 3.05) is 30.8 Å². The van der Waals surface area contributed by atoms with Crippen LogP contribution >= 0.6 is 0 Å². The van der Waals surface area contributed by atoms with Crippen molar-refractivity contribution in [1.29, 1.82) is 0 Å². The van der Waals surface area contributed by atoms with Crippen LogP contribution in [0.3, 0.4) is 0 Å². The molecule has 4 N–H and O–H groups in total. The van der Waals surface area contributed by atoms with Crippen LogP contribution in [0, 0.1) is 0 Å². The zero-order valence-corrected chi connectivity index (χ0v) is 10.8. The lowest BCUT2D eigenvalue weighted by atomic mass is 10.2. The minimum absolute atomic E-state index is 0.293. The fourth-order valence-electron chi connectivity index (χ4n) is 2.36. The fraction of sp³-hybridized carbons (Fsp3) is 0.417. The average Bonchev–Trinajstić information content (AvgIpc) is 3.09. The first-order chi connectivity index (χ1) is 9.26. The Hall–Kier alpha value is -2.15. The van der Waals surface area contributed by atoms with Gasteiger partial charge in [-0.05, 0) is 13.5 Å². The summed E-state index contributed by atoms with van der Waals surface area (Å²) in [6.45, 7) is 1.92. The summed E-state index contributed by atoms with van der Waals surface area (Å²) in [5.74, 6) is 1.17. The molecule has 0 aromatic carbocycles. The minimum atomic E-state index is 0.293. The van der Waals surface area contributed by atoms with Gasteiger partial charge in [-0.25, -0.2) is 4.98 Å². The van der Waals surface area contributed by atoms with E-state index in [0.717, 1.165) is 36.6 Å².